The molecular weight excluding hydrogens is 330 g/mol. The lowest BCUT2D eigenvalue weighted by Crippen LogP contribution is -2.55. The average molecular weight is 353 g/mol. The van der Waals surface area contributed by atoms with Gasteiger partial charge in [-0.2, -0.15) is 0 Å². The van der Waals surface area contributed by atoms with Gasteiger partial charge in [-0.25, -0.2) is 0 Å². The van der Waals surface area contributed by atoms with Crippen LogP contribution >= 0.6 is 11.6 Å². The van der Waals surface area contributed by atoms with Crippen molar-refractivity contribution in [3.8, 4) is 0 Å². The summed E-state index contributed by atoms with van der Waals surface area (Å²) < 4.78 is 6.95. The summed E-state index contributed by atoms with van der Waals surface area (Å²) in [7, 11) is 4.26. The predicted molar refractivity (Wildman–Crippen MR) is 104 cm³/mol. The number of alkyl halides is 1. The maximum absolute atomic E-state index is 6.55. The van der Waals surface area contributed by atoms with E-state index in [-0.39, 0.29) is 17.7 Å². The molecule has 0 N–H and O–H groups in total. The average Bonchev–Trinajstić information content (AvgIpc) is 2.64. The van der Waals surface area contributed by atoms with Crippen molar-refractivity contribution in [1.82, 2.24) is 0 Å². The summed E-state index contributed by atoms with van der Waals surface area (Å²) in [5.74, 6) is 0.261. The molecule has 0 saturated carbocycles. The minimum atomic E-state index is -0.345. The van der Waals surface area contributed by atoms with Crippen molar-refractivity contribution in [2.24, 2.45) is 0 Å². The van der Waals surface area contributed by atoms with Crippen molar-refractivity contribution < 1.29 is 9.22 Å². The molecule has 3 atom stereocenters. The molecule has 3 aromatic rings. The fourth-order valence-corrected chi connectivity index (χ4v) is 3.93. The first-order valence-electron chi connectivity index (χ1n) is 8.70. The Bertz CT molecular complexity index is 877. The predicted octanol–water partition coefficient (Wildman–Crippen LogP) is 5.29. The third kappa shape index (κ3) is 3.18. The van der Waals surface area contributed by atoms with Crippen LogP contribution in [0, 0.1) is 0 Å². The molecule has 1 fully saturated rings. The molecule has 1 heterocycles. The van der Waals surface area contributed by atoms with E-state index < -0.39 is 0 Å². The van der Waals surface area contributed by atoms with Crippen molar-refractivity contribution in [3.63, 3.8) is 0 Å². The Labute approximate surface area is 154 Å². The minimum absolute atomic E-state index is 0.0315. The molecule has 0 bridgehead atoms. The number of fused-ring (bicyclic) bond motifs is 1. The highest BCUT2D eigenvalue weighted by atomic mass is 35.5. The highest BCUT2D eigenvalue weighted by Gasteiger charge is 2.43. The Balaban J connectivity index is 1.78. The fourth-order valence-electron chi connectivity index (χ4n) is 3.74. The molecule has 0 aromatic heterocycles. The van der Waals surface area contributed by atoms with E-state index in [2.05, 4.69) is 80.8 Å². The SMILES string of the molecule is C[N+]1(C)C[C@H](c2ccc3ccccc3c2)[C@@H](c2ccccc2)OC1Cl. The van der Waals surface area contributed by atoms with E-state index >= 15 is 0 Å². The standard InChI is InChI=1S/C22H23ClNO/c1-24(2)15-20(19-13-12-16-8-6-7-11-18(16)14-19)21(25-22(24)23)17-9-4-3-5-10-17/h3-14,20-22H,15H2,1-2H3/q+1/t20-,21-,22?/m1/s1. The lowest BCUT2D eigenvalue weighted by atomic mass is 9.86. The molecule has 2 nitrogen and oxygen atoms in total. The second kappa shape index (κ2) is 6.45. The molecule has 0 spiro atoms. The molecule has 0 radical (unpaired) electrons. The van der Waals surface area contributed by atoms with Gasteiger partial charge in [-0.15, -0.1) is 0 Å². The largest absolute Gasteiger partial charge is 0.307 e. The third-order valence-corrected chi connectivity index (χ3v) is 5.80. The van der Waals surface area contributed by atoms with E-state index in [0.29, 0.717) is 4.48 Å². The van der Waals surface area contributed by atoms with Crippen molar-refractivity contribution >= 4 is 22.4 Å². The number of quaternary nitrogens is 1. The van der Waals surface area contributed by atoms with Crippen LogP contribution in [-0.2, 0) is 4.74 Å². The smallest absolute Gasteiger partial charge is 0.273 e. The van der Waals surface area contributed by atoms with E-state index in [4.69, 9.17) is 16.3 Å². The topological polar surface area (TPSA) is 9.23 Å². The van der Waals surface area contributed by atoms with Crippen LogP contribution in [0.4, 0.5) is 0 Å². The Hall–Kier alpha value is -1.87. The van der Waals surface area contributed by atoms with E-state index in [0.717, 1.165) is 6.54 Å². The van der Waals surface area contributed by atoms with Crippen molar-refractivity contribution in [2.75, 3.05) is 20.6 Å². The van der Waals surface area contributed by atoms with Crippen molar-refractivity contribution in [2.45, 2.75) is 17.7 Å². The molecule has 4 rings (SSSR count). The molecule has 0 amide bonds. The van der Waals surface area contributed by atoms with Gasteiger partial charge >= 0.3 is 0 Å². The zero-order chi connectivity index (χ0) is 17.4. The highest BCUT2D eigenvalue weighted by molar-refractivity contribution is 6.18. The number of nitrogens with zero attached hydrogens (tertiary/aromatic N) is 1. The van der Waals surface area contributed by atoms with Crippen LogP contribution in [0.5, 0.6) is 0 Å². The van der Waals surface area contributed by atoms with Crippen LogP contribution in [0.25, 0.3) is 10.8 Å². The zero-order valence-electron chi connectivity index (χ0n) is 14.6. The number of ether oxygens (including phenoxy) is 1. The molecule has 3 heteroatoms. The van der Waals surface area contributed by atoms with Crippen LogP contribution in [-0.4, -0.2) is 30.8 Å². The number of hydrogen-bond donors (Lipinski definition) is 0. The van der Waals surface area contributed by atoms with Gasteiger partial charge in [0.2, 0.25) is 0 Å². The van der Waals surface area contributed by atoms with Crippen molar-refractivity contribution in [3.05, 3.63) is 83.9 Å². The number of halogens is 1. The summed E-state index contributed by atoms with van der Waals surface area (Å²) in [5, 5.41) is 2.54. The summed E-state index contributed by atoms with van der Waals surface area (Å²) in [5.41, 5.74) is 2.15. The zero-order valence-corrected chi connectivity index (χ0v) is 15.4. The summed E-state index contributed by atoms with van der Waals surface area (Å²) in [6, 6.07) is 25.7. The first-order valence-corrected chi connectivity index (χ1v) is 9.14. The number of likely N-dealkylation sites (N-methyl/N-ethyl adjacent to an activating group) is 1. The second-order valence-electron chi connectivity index (χ2n) is 7.43. The molecular formula is C22H23ClNO+. The Morgan fingerprint density at radius 3 is 2.28 bits per heavy atom. The van der Waals surface area contributed by atoms with Crippen LogP contribution in [0.2, 0.25) is 0 Å². The summed E-state index contributed by atoms with van der Waals surface area (Å²) in [6.45, 7) is 0.937. The molecule has 0 aliphatic carbocycles. The molecule has 1 aliphatic heterocycles. The molecule has 128 valence electrons. The van der Waals surface area contributed by atoms with Gasteiger partial charge in [0.25, 0.3) is 5.69 Å². The maximum atomic E-state index is 6.55. The van der Waals surface area contributed by atoms with Gasteiger partial charge in [0.1, 0.15) is 6.10 Å². The van der Waals surface area contributed by atoms with Crippen LogP contribution in [0.15, 0.2) is 72.8 Å². The second-order valence-corrected chi connectivity index (χ2v) is 7.81. The van der Waals surface area contributed by atoms with Gasteiger partial charge in [-0.1, -0.05) is 72.8 Å². The van der Waals surface area contributed by atoms with Gasteiger partial charge in [-0.05, 0) is 33.5 Å². The monoisotopic (exact) mass is 352 g/mol. The Morgan fingerprint density at radius 1 is 0.840 bits per heavy atom. The van der Waals surface area contributed by atoms with Crippen LogP contribution < -0.4 is 0 Å². The number of benzene rings is 3. The molecule has 1 saturated heterocycles. The van der Waals surface area contributed by atoms with Gasteiger partial charge in [0.15, 0.2) is 0 Å². The molecule has 1 aliphatic rings. The summed E-state index contributed by atoms with van der Waals surface area (Å²) >= 11 is 6.55. The molecule has 25 heavy (non-hydrogen) atoms. The van der Waals surface area contributed by atoms with Gasteiger partial charge < -0.3 is 4.74 Å². The third-order valence-electron chi connectivity index (χ3n) is 5.17. The fraction of sp³-hybridized carbons (Fsp3) is 0.273. The first kappa shape index (κ1) is 16.6. The minimum Gasteiger partial charge on any atom is -0.307 e. The van der Waals surface area contributed by atoms with Crippen LogP contribution in [0.3, 0.4) is 0 Å². The number of hydrogen-bond acceptors (Lipinski definition) is 1. The van der Waals surface area contributed by atoms with Gasteiger partial charge in [-0.3, -0.25) is 4.48 Å². The van der Waals surface area contributed by atoms with Crippen LogP contribution in [0.1, 0.15) is 23.1 Å². The Morgan fingerprint density at radius 2 is 1.52 bits per heavy atom. The van der Waals surface area contributed by atoms with Gasteiger partial charge in [0.05, 0.1) is 26.6 Å². The highest BCUT2D eigenvalue weighted by Crippen LogP contribution is 2.43. The summed E-state index contributed by atoms with van der Waals surface area (Å²) in [6.07, 6.45) is -0.0315. The lowest BCUT2D eigenvalue weighted by Gasteiger charge is -2.45. The molecule has 1 unspecified atom stereocenters. The summed E-state index contributed by atoms with van der Waals surface area (Å²) in [4.78, 5) is 0. The number of rotatable bonds is 2. The molecule has 3 aromatic carbocycles. The maximum Gasteiger partial charge on any atom is 0.273 e. The quantitative estimate of drug-likeness (QED) is 0.346. The Kier molecular flexibility index (Phi) is 4.28. The van der Waals surface area contributed by atoms with E-state index in [1.807, 2.05) is 6.07 Å². The first-order chi connectivity index (χ1) is 12.0. The van der Waals surface area contributed by atoms with Gasteiger partial charge in [0, 0.05) is 0 Å². The lowest BCUT2D eigenvalue weighted by molar-refractivity contribution is -0.934. The van der Waals surface area contributed by atoms with E-state index in [1.165, 1.54) is 21.9 Å². The van der Waals surface area contributed by atoms with Crippen molar-refractivity contribution in [1.29, 1.82) is 0 Å². The van der Waals surface area contributed by atoms with E-state index in [1.54, 1.807) is 0 Å². The normalized spacial score (nSPS) is 25.8. The van der Waals surface area contributed by atoms with E-state index in [9.17, 15) is 0 Å².